The van der Waals surface area contributed by atoms with Gasteiger partial charge in [-0.3, -0.25) is 4.90 Å². The third-order valence-corrected chi connectivity index (χ3v) is 4.75. The van der Waals surface area contributed by atoms with E-state index in [2.05, 4.69) is 40.5 Å². The van der Waals surface area contributed by atoms with Crippen LogP contribution in [0.25, 0.3) is 0 Å². The Hall–Kier alpha value is -0.860. The Morgan fingerprint density at radius 2 is 1.68 bits per heavy atom. The molecule has 1 N–H and O–H groups in total. The molecule has 1 saturated carbocycles. The highest BCUT2D eigenvalue weighted by Gasteiger charge is 2.30. The van der Waals surface area contributed by atoms with Crippen LogP contribution >= 0.6 is 0 Å². The molecule has 1 aliphatic carbocycles. The minimum atomic E-state index is 0.701. The highest BCUT2D eigenvalue weighted by molar-refractivity contribution is 5.14. The Morgan fingerprint density at radius 1 is 0.947 bits per heavy atom. The van der Waals surface area contributed by atoms with Crippen LogP contribution in [-0.4, -0.2) is 30.1 Å². The molecule has 104 valence electrons. The van der Waals surface area contributed by atoms with Crippen molar-refractivity contribution < 1.29 is 0 Å². The lowest BCUT2D eigenvalue weighted by Crippen LogP contribution is -2.50. The Morgan fingerprint density at radius 3 is 2.47 bits per heavy atom. The molecule has 0 radical (unpaired) electrons. The summed E-state index contributed by atoms with van der Waals surface area (Å²) in [5.74, 6) is 0. The van der Waals surface area contributed by atoms with Crippen LogP contribution in [0.3, 0.4) is 0 Å². The monoisotopic (exact) mass is 258 g/mol. The Kier molecular flexibility index (Phi) is 4.52. The fourth-order valence-corrected chi connectivity index (χ4v) is 3.70. The number of nitrogens with zero attached hydrogens (tertiary/aromatic N) is 1. The number of benzene rings is 1. The van der Waals surface area contributed by atoms with Gasteiger partial charge in [-0.1, -0.05) is 43.2 Å². The molecular formula is C17H26N2. The lowest BCUT2D eigenvalue weighted by Gasteiger charge is -2.38. The third-order valence-electron chi connectivity index (χ3n) is 4.75. The van der Waals surface area contributed by atoms with Crippen molar-refractivity contribution in [1.29, 1.82) is 0 Å². The molecule has 2 nitrogen and oxygen atoms in total. The van der Waals surface area contributed by atoms with Crippen molar-refractivity contribution in [2.24, 2.45) is 0 Å². The normalized spacial score (nSPS) is 28.6. The lowest BCUT2D eigenvalue weighted by atomic mass is 9.89. The summed E-state index contributed by atoms with van der Waals surface area (Å²) in [4.78, 5) is 2.74. The smallest absolute Gasteiger partial charge is 0.0249 e. The zero-order valence-corrected chi connectivity index (χ0v) is 11.9. The maximum Gasteiger partial charge on any atom is 0.0249 e. The van der Waals surface area contributed by atoms with Crippen LogP contribution in [0, 0.1) is 0 Å². The van der Waals surface area contributed by atoms with Crippen molar-refractivity contribution in [3.05, 3.63) is 35.9 Å². The molecule has 19 heavy (non-hydrogen) atoms. The van der Waals surface area contributed by atoms with Gasteiger partial charge in [0.05, 0.1) is 0 Å². The van der Waals surface area contributed by atoms with E-state index in [1.54, 1.807) is 0 Å². The minimum Gasteiger partial charge on any atom is -0.308 e. The van der Waals surface area contributed by atoms with E-state index in [1.807, 2.05) is 0 Å². The van der Waals surface area contributed by atoms with Crippen LogP contribution < -0.4 is 5.32 Å². The SMILES string of the molecule is c1ccc(CN[C@@H]2CCCC[C@H]2N2CCCC2)cc1. The number of hydrogen-bond donors (Lipinski definition) is 1. The zero-order valence-electron chi connectivity index (χ0n) is 11.9. The van der Waals surface area contributed by atoms with E-state index >= 15 is 0 Å². The molecule has 2 aliphatic rings. The molecule has 0 bridgehead atoms. The molecule has 1 saturated heterocycles. The summed E-state index contributed by atoms with van der Waals surface area (Å²) in [6.07, 6.45) is 8.38. The molecule has 1 aromatic rings. The molecule has 3 rings (SSSR count). The largest absolute Gasteiger partial charge is 0.308 e. The second-order valence-electron chi connectivity index (χ2n) is 6.07. The van der Waals surface area contributed by atoms with Crippen molar-refractivity contribution in [3.63, 3.8) is 0 Å². The van der Waals surface area contributed by atoms with Gasteiger partial charge >= 0.3 is 0 Å². The van der Waals surface area contributed by atoms with E-state index in [-0.39, 0.29) is 0 Å². The second-order valence-corrected chi connectivity index (χ2v) is 6.07. The summed E-state index contributed by atoms with van der Waals surface area (Å²) in [7, 11) is 0. The first kappa shape index (κ1) is 13.1. The van der Waals surface area contributed by atoms with Crippen LogP contribution in [0.5, 0.6) is 0 Å². The standard InChI is InChI=1S/C17H26N2/c1-2-8-15(9-3-1)14-18-16-10-4-5-11-17(16)19-12-6-7-13-19/h1-3,8-9,16-18H,4-7,10-14H2/t16-,17-/m1/s1. The fourth-order valence-electron chi connectivity index (χ4n) is 3.70. The Bertz CT molecular complexity index is 370. The molecule has 1 aromatic carbocycles. The summed E-state index contributed by atoms with van der Waals surface area (Å²) in [5, 5.41) is 3.82. The quantitative estimate of drug-likeness (QED) is 0.892. The van der Waals surface area contributed by atoms with Crippen LogP contribution in [0.2, 0.25) is 0 Å². The molecule has 0 spiro atoms. The van der Waals surface area contributed by atoms with Crippen LogP contribution in [0.1, 0.15) is 44.1 Å². The Balaban J connectivity index is 1.57. The number of hydrogen-bond acceptors (Lipinski definition) is 2. The topological polar surface area (TPSA) is 15.3 Å². The van der Waals surface area contributed by atoms with Gasteiger partial charge in [-0.05, 0) is 44.3 Å². The van der Waals surface area contributed by atoms with E-state index in [9.17, 15) is 0 Å². The summed E-state index contributed by atoms with van der Waals surface area (Å²) in [6, 6.07) is 12.3. The highest BCUT2D eigenvalue weighted by Crippen LogP contribution is 2.26. The van der Waals surface area contributed by atoms with Crippen LogP contribution in [-0.2, 0) is 6.54 Å². The van der Waals surface area contributed by atoms with Crippen molar-refractivity contribution in [2.45, 2.75) is 57.2 Å². The number of rotatable bonds is 4. The maximum atomic E-state index is 3.82. The van der Waals surface area contributed by atoms with Crippen molar-refractivity contribution in [1.82, 2.24) is 10.2 Å². The first-order chi connectivity index (χ1) is 9.43. The van der Waals surface area contributed by atoms with Crippen LogP contribution in [0.4, 0.5) is 0 Å². The zero-order chi connectivity index (χ0) is 12.9. The van der Waals surface area contributed by atoms with E-state index in [1.165, 1.54) is 57.2 Å². The van der Waals surface area contributed by atoms with Gasteiger partial charge in [-0.2, -0.15) is 0 Å². The predicted molar refractivity (Wildman–Crippen MR) is 80.1 cm³/mol. The third kappa shape index (κ3) is 3.37. The van der Waals surface area contributed by atoms with Gasteiger partial charge in [0.25, 0.3) is 0 Å². The van der Waals surface area contributed by atoms with Gasteiger partial charge < -0.3 is 5.32 Å². The lowest BCUT2D eigenvalue weighted by molar-refractivity contribution is 0.147. The van der Waals surface area contributed by atoms with Gasteiger partial charge in [-0.25, -0.2) is 0 Å². The van der Waals surface area contributed by atoms with Gasteiger partial charge in [0.2, 0.25) is 0 Å². The minimum absolute atomic E-state index is 0.701. The maximum absolute atomic E-state index is 3.82. The van der Waals surface area contributed by atoms with Crippen LogP contribution in [0.15, 0.2) is 30.3 Å². The molecule has 0 amide bonds. The summed E-state index contributed by atoms with van der Waals surface area (Å²) >= 11 is 0. The van der Waals surface area contributed by atoms with Crippen molar-refractivity contribution in [3.8, 4) is 0 Å². The molecule has 2 heteroatoms. The van der Waals surface area contributed by atoms with E-state index in [0.717, 1.165) is 12.6 Å². The molecular weight excluding hydrogens is 232 g/mol. The molecule has 0 aromatic heterocycles. The van der Waals surface area contributed by atoms with Gasteiger partial charge in [0.15, 0.2) is 0 Å². The predicted octanol–water partition coefficient (Wildman–Crippen LogP) is 3.18. The first-order valence-corrected chi connectivity index (χ1v) is 7.95. The molecule has 2 fully saturated rings. The molecule has 0 unspecified atom stereocenters. The van der Waals surface area contributed by atoms with Gasteiger partial charge in [0.1, 0.15) is 0 Å². The summed E-state index contributed by atoms with van der Waals surface area (Å²) in [5.41, 5.74) is 1.41. The molecule has 1 heterocycles. The first-order valence-electron chi connectivity index (χ1n) is 7.95. The van der Waals surface area contributed by atoms with Gasteiger partial charge in [0, 0.05) is 18.6 Å². The molecule has 1 aliphatic heterocycles. The summed E-state index contributed by atoms with van der Waals surface area (Å²) < 4.78 is 0. The average Bonchev–Trinajstić information content (AvgIpc) is 3.01. The van der Waals surface area contributed by atoms with Gasteiger partial charge in [-0.15, -0.1) is 0 Å². The van der Waals surface area contributed by atoms with E-state index in [0.29, 0.717) is 6.04 Å². The summed E-state index contributed by atoms with van der Waals surface area (Å²) in [6.45, 7) is 3.68. The average molecular weight is 258 g/mol. The number of likely N-dealkylation sites (tertiary alicyclic amines) is 1. The highest BCUT2D eigenvalue weighted by atomic mass is 15.2. The molecule has 2 atom stereocenters. The fraction of sp³-hybridized carbons (Fsp3) is 0.647. The number of nitrogens with one attached hydrogen (secondary N) is 1. The van der Waals surface area contributed by atoms with E-state index in [4.69, 9.17) is 0 Å². The van der Waals surface area contributed by atoms with Crippen molar-refractivity contribution in [2.75, 3.05) is 13.1 Å². The second kappa shape index (κ2) is 6.53. The van der Waals surface area contributed by atoms with Crippen molar-refractivity contribution >= 4 is 0 Å². The van der Waals surface area contributed by atoms with E-state index < -0.39 is 0 Å². The Labute approximate surface area is 117 Å².